The summed E-state index contributed by atoms with van der Waals surface area (Å²) in [6, 6.07) is 1.07. The van der Waals surface area contributed by atoms with Gasteiger partial charge in [0, 0.05) is 6.42 Å². The molecule has 0 saturated carbocycles. The number of aromatic carboxylic acids is 2. The first-order chi connectivity index (χ1) is 11.2. The molecule has 0 radical (unpaired) electrons. The number of carbonyl (C=O) groups is 4. The van der Waals surface area contributed by atoms with Gasteiger partial charge < -0.3 is 25.7 Å². The SMILES string of the molecule is O=C(O)CCC(NC=Cc1cc(C(=O)O)nc(C(=O)O)c1)C(=O)O. The van der Waals surface area contributed by atoms with Gasteiger partial charge in [-0.25, -0.2) is 19.4 Å². The molecule has 1 rings (SSSR count). The van der Waals surface area contributed by atoms with Gasteiger partial charge in [-0.3, -0.25) is 4.79 Å². The fourth-order valence-corrected chi connectivity index (χ4v) is 1.67. The monoisotopic (exact) mass is 338 g/mol. The number of aromatic nitrogens is 1. The number of rotatable bonds is 9. The molecule has 1 heterocycles. The molecule has 1 atom stereocenters. The van der Waals surface area contributed by atoms with E-state index in [-0.39, 0.29) is 18.4 Å². The van der Waals surface area contributed by atoms with Crippen LogP contribution in [0.4, 0.5) is 0 Å². The first kappa shape index (κ1) is 18.6. The van der Waals surface area contributed by atoms with E-state index in [0.29, 0.717) is 0 Å². The molecule has 0 bridgehead atoms. The number of nitrogens with zero attached hydrogens (tertiary/aromatic N) is 1. The third-order valence-corrected chi connectivity index (χ3v) is 2.80. The molecule has 0 saturated heterocycles. The van der Waals surface area contributed by atoms with Crippen molar-refractivity contribution in [1.29, 1.82) is 0 Å². The molecule has 10 nitrogen and oxygen atoms in total. The van der Waals surface area contributed by atoms with Crippen LogP contribution >= 0.6 is 0 Å². The van der Waals surface area contributed by atoms with E-state index in [9.17, 15) is 19.2 Å². The Bertz CT molecular complexity index is 666. The highest BCUT2D eigenvalue weighted by atomic mass is 16.4. The lowest BCUT2D eigenvalue weighted by Crippen LogP contribution is -2.33. The Kier molecular flexibility index (Phi) is 6.41. The maximum absolute atomic E-state index is 11.0. The van der Waals surface area contributed by atoms with Gasteiger partial charge in [0.05, 0.1) is 0 Å². The van der Waals surface area contributed by atoms with Crippen molar-refractivity contribution in [2.45, 2.75) is 18.9 Å². The van der Waals surface area contributed by atoms with E-state index >= 15 is 0 Å². The molecule has 24 heavy (non-hydrogen) atoms. The van der Waals surface area contributed by atoms with Gasteiger partial charge in [0.2, 0.25) is 0 Å². The van der Waals surface area contributed by atoms with Crippen molar-refractivity contribution in [1.82, 2.24) is 10.3 Å². The average Bonchev–Trinajstić information content (AvgIpc) is 2.49. The van der Waals surface area contributed by atoms with Gasteiger partial charge in [0.1, 0.15) is 17.4 Å². The predicted molar refractivity (Wildman–Crippen MR) is 78.6 cm³/mol. The zero-order valence-electron chi connectivity index (χ0n) is 12.2. The van der Waals surface area contributed by atoms with Gasteiger partial charge in [0.15, 0.2) is 0 Å². The summed E-state index contributed by atoms with van der Waals surface area (Å²) < 4.78 is 0. The third kappa shape index (κ3) is 5.75. The fourth-order valence-electron chi connectivity index (χ4n) is 1.67. The van der Waals surface area contributed by atoms with Gasteiger partial charge in [-0.1, -0.05) is 0 Å². The van der Waals surface area contributed by atoms with Crippen LogP contribution < -0.4 is 5.32 Å². The van der Waals surface area contributed by atoms with Gasteiger partial charge in [-0.2, -0.15) is 0 Å². The lowest BCUT2D eigenvalue weighted by atomic mass is 10.1. The van der Waals surface area contributed by atoms with Crippen LogP contribution in [-0.4, -0.2) is 55.3 Å². The van der Waals surface area contributed by atoms with Crippen LogP contribution in [0.15, 0.2) is 18.3 Å². The Balaban J connectivity index is 2.91. The number of nitrogens with one attached hydrogen (secondary N) is 1. The summed E-state index contributed by atoms with van der Waals surface area (Å²) in [6.45, 7) is 0. The highest BCUT2D eigenvalue weighted by Crippen LogP contribution is 2.09. The molecule has 1 unspecified atom stereocenters. The number of pyridine rings is 1. The average molecular weight is 338 g/mol. The van der Waals surface area contributed by atoms with Crippen LogP contribution in [0.25, 0.3) is 6.08 Å². The molecular weight excluding hydrogens is 324 g/mol. The molecule has 128 valence electrons. The second kappa shape index (κ2) is 8.27. The summed E-state index contributed by atoms with van der Waals surface area (Å²) in [5.74, 6) is -5.22. The van der Waals surface area contributed by atoms with Crippen LogP contribution in [0.1, 0.15) is 39.4 Å². The number of hydrogen-bond donors (Lipinski definition) is 5. The molecule has 1 aromatic heterocycles. The minimum atomic E-state index is -1.41. The first-order valence-electron chi connectivity index (χ1n) is 6.56. The highest BCUT2D eigenvalue weighted by molar-refractivity contribution is 5.91. The second-order valence-corrected chi connectivity index (χ2v) is 4.60. The molecule has 0 aromatic carbocycles. The number of carboxylic acid groups (broad SMARTS) is 4. The summed E-state index contributed by atoms with van der Waals surface area (Å²) in [5, 5.41) is 37.8. The van der Waals surface area contributed by atoms with Crippen molar-refractivity contribution in [3.05, 3.63) is 35.3 Å². The van der Waals surface area contributed by atoms with E-state index in [1.165, 1.54) is 12.3 Å². The van der Waals surface area contributed by atoms with Gasteiger partial charge in [0.25, 0.3) is 0 Å². The van der Waals surface area contributed by atoms with Crippen LogP contribution in [-0.2, 0) is 9.59 Å². The van der Waals surface area contributed by atoms with Crippen LogP contribution in [0, 0.1) is 0 Å². The van der Waals surface area contributed by atoms with E-state index in [1.54, 1.807) is 0 Å². The van der Waals surface area contributed by atoms with Crippen molar-refractivity contribution in [2.75, 3.05) is 0 Å². The van der Waals surface area contributed by atoms with E-state index in [2.05, 4.69) is 10.3 Å². The minimum absolute atomic E-state index is 0.161. The number of carboxylic acids is 4. The molecule has 0 spiro atoms. The van der Waals surface area contributed by atoms with Crippen molar-refractivity contribution in [3.8, 4) is 0 Å². The van der Waals surface area contributed by atoms with Crippen LogP contribution in [0.2, 0.25) is 0 Å². The Morgan fingerprint density at radius 2 is 1.58 bits per heavy atom. The summed E-state index contributed by atoms with van der Waals surface area (Å²) in [4.78, 5) is 46.7. The van der Waals surface area contributed by atoms with Gasteiger partial charge in [-0.05, 0) is 36.4 Å². The van der Waals surface area contributed by atoms with E-state index in [0.717, 1.165) is 12.1 Å². The predicted octanol–water partition coefficient (Wildman–Crippen LogP) is 0.356. The number of aliphatic carboxylic acids is 2. The standard InChI is InChI=1S/C14H14N2O8/c17-11(18)2-1-8(12(19)20)15-4-3-7-5-9(13(21)22)16-10(6-7)14(23)24/h3-6,8,15H,1-2H2,(H,17,18)(H,19,20)(H,21,22)(H,23,24). The van der Waals surface area contributed by atoms with Gasteiger partial charge >= 0.3 is 23.9 Å². The quantitative estimate of drug-likeness (QED) is 0.422. The second-order valence-electron chi connectivity index (χ2n) is 4.60. The molecular formula is C14H14N2O8. The summed E-state index contributed by atoms with van der Waals surface area (Å²) in [6.07, 6.45) is 1.93. The van der Waals surface area contributed by atoms with Crippen LogP contribution in [0.5, 0.6) is 0 Å². The smallest absolute Gasteiger partial charge is 0.354 e. The lowest BCUT2D eigenvalue weighted by molar-refractivity contribution is -0.140. The van der Waals surface area contributed by atoms with Crippen LogP contribution in [0.3, 0.4) is 0 Å². The Hall–Kier alpha value is -3.43. The largest absolute Gasteiger partial charge is 0.481 e. The zero-order chi connectivity index (χ0) is 18.3. The molecule has 10 heteroatoms. The van der Waals surface area contributed by atoms with Crippen molar-refractivity contribution in [3.63, 3.8) is 0 Å². The molecule has 0 aliphatic carbocycles. The van der Waals surface area contributed by atoms with Crippen molar-refractivity contribution < 1.29 is 39.6 Å². The minimum Gasteiger partial charge on any atom is -0.481 e. The Morgan fingerprint density at radius 3 is 2.00 bits per heavy atom. The van der Waals surface area contributed by atoms with Crippen molar-refractivity contribution in [2.24, 2.45) is 0 Å². The van der Waals surface area contributed by atoms with Crippen molar-refractivity contribution >= 4 is 30.0 Å². The maximum atomic E-state index is 11.0. The van der Waals surface area contributed by atoms with E-state index in [4.69, 9.17) is 20.4 Å². The highest BCUT2D eigenvalue weighted by Gasteiger charge is 2.17. The summed E-state index contributed by atoms with van der Waals surface area (Å²) in [7, 11) is 0. The maximum Gasteiger partial charge on any atom is 0.354 e. The molecule has 1 aromatic rings. The Morgan fingerprint density at radius 1 is 1.04 bits per heavy atom. The lowest BCUT2D eigenvalue weighted by Gasteiger charge is -2.11. The van der Waals surface area contributed by atoms with E-state index in [1.807, 2.05) is 0 Å². The molecule has 0 aliphatic heterocycles. The molecule has 0 amide bonds. The fraction of sp³-hybridized carbons (Fsp3) is 0.214. The first-order valence-corrected chi connectivity index (χ1v) is 6.56. The topological polar surface area (TPSA) is 174 Å². The zero-order valence-corrected chi connectivity index (χ0v) is 12.2. The molecule has 0 aliphatic rings. The molecule has 0 fully saturated rings. The third-order valence-electron chi connectivity index (χ3n) is 2.80. The Labute approximate surface area is 135 Å². The summed E-state index contributed by atoms with van der Waals surface area (Å²) in [5.41, 5.74) is -0.778. The summed E-state index contributed by atoms with van der Waals surface area (Å²) >= 11 is 0. The normalized spacial score (nSPS) is 11.8. The van der Waals surface area contributed by atoms with E-state index < -0.39 is 41.3 Å². The molecule has 5 N–H and O–H groups in total. The number of hydrogen-bond acceptors (Lipinski definition) is 6. The van der Waals surface area contributed by atoms with Gasteiger partial charge in [-0.15, -0.1) is 0 Å².